The number of methoxy groups -OCH3 is 2. The molecule has 0 atom stereocenters. The standard InChI is InChI=1S/C21H23N3O3/c1-26-19-11-16-6-8-24(14-17(16)12-20(19)27-2)9-7-21(25)23-18-5-3-4-15(10-18)13-22/h3-5,10-12H,6-9,14H2,1-2H3,(H,23,25). The molecular formula is C21H23N3O3. The van der Waals surface area contributed by atoms with Crippen LogP contribution in [0.5, 0.6) is 11.5 Å². The Morgan fingerprint density at radius 2 is 1.93 bits per heavy atom. The van der Waals surface area contributed by atoms with Gasteiger partial charge in [0.15, 0.2) is 11.5 Å². The first-order chi connectivity index (χ1) is 13.1. The molecule has 1 aliphatic heterocycles. The van der Waals surface area contributed by atoms with Gasteiger partial charge in [-0.1, -0.05) is 6.07 Å². The van der Waals surface area contributed by atoms with Crippen molar-refractivity contribution in [3.63, 3.8) is 0 Å². The van der Waals surface area contributed by atoms with Gasteiger partial charge in [-0.3, -0.25) is 9.69 Å². The molecule has 140 valence electrons. The first-order valence-electron chi connectivity index (χ1n) is 8.89. The fourth-order valence-corrected chi connectivity index (χ4v) is 3.28. The molecular weight excluding hydrogens is 342 g/mol. The lowest BCUT2D eigenvalue weighted by molar-refractivity contribution is -0.116. The third-order valence-corrected chi connectivity index (χ3v) is 4.73. The van der Waals surface area contributed by atoms with Crippen LogP contribution in [0.2, 0.25) is 0 Å². The van der Waals surface area contributed by atoms with Gasteiger partial charge in [-0.25, -0.2) is 0 Å². The Labute approximate surface area is 159 Å². The van der Waals surface area contributed by atoms with Crippen molar-refractivity contribution < 1.29 is 14.3 Å². The highest BCUT2D eigenvalue weighted by Crippen LogP contribution is 2.33. The topological polar surface area (TPSA) is 74.6 Å². The van der Waals surface area contributed by atoms with Crippen LogP contribution < -0.4 is 14.8 Å². The van der Waals surface area contributed by atoms with Crippen LogP contribution in [0.4, 0.5) is 5.69 Å². The van der Waals surface area contributed by atoms with Crippen molar-refractivity contribution in [3.8, 4) is 17.6 Å². The largest absolute Gasteiger partial charge is 0.493 e. The second-order valence-corrected chi connectivity index (χ2v) is 6.49. The molecule has 2 aromatic rings. The molecule has 0 saturated carbocycles. The first-order valence-corrected chi connectivity index (χ1v) is 8.89. The molecule has 6 nitrogen and oxygen atoms in total. The summed E-state index contributed by atoms with van der Waals surface area (Å²) >= 11 is 0. The first kappa shape index (κ1) is 18.7. The van der Waals surface area contributed by atoms with Crippen LogP contribution in [0.25, 0.3) is 0 Å². The predicted octanol–water partition coefficient (Wildman–Crippen LogP) is 2.96. The minimum atomic E-state index is -0.0526. The van der Waals surface area contributed by atoms with Crippen LogP contribution in [0.1, 0.15) is 23.1 Å². The molecule has 0 radical (unpaired) electrons. The number of hydrogen-bond donors (Lipinski definition) is 1. The third-order valence-electron chi connectivity index (χ3n) is 4.73. The molecule has 0 bridgehead atoms. The fraction of sp³-hybridized carbons (Fsp3) is 0.333. The minimum Gasteiger partial charge on any atom is -0.493 e. The number of nitrogens with zero attached hydrogens (tertiary/aromatic N) is 2. The summed E-state index contributed by atoms with van der Waals surface area (Å²) in [5.41, 5.74) is 3.66. The molecule has 0 fully saturated rings. The molecule has 1 heterocycles. The van der Waals surface area contributed by atoms with E-state index in [1.807, 2.05) is 12.1 Å². The Kier molecular flexibility index (Phi) is 5.94. The Bertz CT molecular complexity index is 873. The van der Waals surface area contributed by atoms with Gasteiger partial charge < -0.3 is 14.8 Å². The summed E-state index contributed by atoms with van der Waals surface area (Å²) in [5, 5.41) is 11.8. The Hall–Kier alpha value is -3.04. The van der Waals surface area contributed by atoms with Crippen molar-refractivity contribution in [1.82, 2.24) is 4.90 Å². The molecule has 3 rings (SSSR count). The maximum absolute atomic E-state index is 12.2. The second-order valence-electron chi connectivity index (χ2n) is 6.49. The highest BCUT2D eigenvalue weighted by Gasteiger charge is 2.20. The summed E-state index contributed by atoms with van der Waals surface area (Å²) in [6.45, 7) is 2.37. The maximum Gasteiger partial charge on any atom is 0.225 e. The SMILES string of the molecule is COc1cc2c(cc1OC)CN(CCC(=O)Nc1cccc(C#N)c1)CC2. The minimum absolute atomic E-state index is 0.0526. The highest BCUT2D eigenvalue weighted by atomic mass is 16.5. The number of benzene rings is 2. The van der Waals surface area contributed by atoms with E-state index in [2.05, 4.69) is 16.3 Å². The van der Waals surface area contributed by atoms with Crippen molar-refractivity contribution in [2.45, 2.75) is 19.4 Å². The fourth-order valence-electron chi connectivity index (χ4n) is 3.28. The molecule has 2 aromatic carbocycles. The third kappa shape index (κ3) is 4.57. The number of amides is 1. The van der Waals surface area contributed by atoms with E-state index in [0.29, 0.717) is 24.2 Å². The van der Waals surface area contributed by atoms with Crippen LogP contribution in [-0.4, -0.2) is 38.1 Å². The second kappa shape index (κ2) is 8.56. The monoisotopic (exact) mass is 365 g/mol. The molecule has 0 aromatic heterocycles. The van der Waals surface area contributed by atoms with Crippen molar-refractivity contribution in [2.24, 2.45) is 0 Å². The van der Waals surface area contributed by atoms with Gasteiger partial charge in [0.25, 0.3) is 0 Å². The lowest BCUT2D eigenvalue weighted by atomic mass is 9.98. The Balaban J connectivity index is 1.57. The van der Waals surface area contributed by atoms with E-state index in [9.17, 15) is 4.79 Å². The van der Waals surface area contributed by atoms with Crippen LogP contribution in [-0.2, 0) is 17.8 Å². The van der Waals surface area contributed by atoms with Crippen LogP contribution in [0.3, 0.4) is 0 Å². The van der Waals surface area contributed by atoms with Crippen molar-refractivity contribution in [2.75, 3.05) is 32.6 Å². The number of carbonyl (C=O) groups is 1. The quantitative estimate of drug-likeness (QED) is 0.852. The summed E-state index contributed by atoms with van der Waals surface area (Å²) in [4.78, 5) is 14.5. The highest BCUT2D eigenvalue weighted by molar-refractivity contribution is 5.90. The van der Waals surface area contributed by atoms with Gasteiger partial charge in [-0.05, 0) is 47.9 Å². The molecule has 1 amide bonds. The molecule has 1 N–H and O–H groups in total. The summed E-state index contributed by atoms with van der Waals surface area (Å²) in [6, 6.07) is 13.1. The number of anilines is 1. The smallest absolute Gasteiger partial charge is 0.225 e. The molecule has 1 aliphatic rings. The Morgan fingerprint density at radius 1 is 1.19 bits per heavy atom. The zero-order chi connectivity index (χ0) is 19.2. The summed E-state index contributed by atoms with van der Waals surface area (Å²) < 4.78 is 10.8. The van der Waals surface area contributed by atoms with Gasteiger partial charge >= 0.3 is 0 Å². The van der Waals surface area contributed by atoms with Crippen molar-refractivity contribution in [3.05, 3.63) is 53.1 Å². The van der Waals surface area contributed by atoms with Gasteiger partial charge in [0.1, 0.15) is 0 Å². The van der Waals surface area contributed by atoms with E-state index in [1.54, 1.807) is 38.5 Å². The number of hydrogen-bond acceptors (Lipinski definition) is 5. The van der Waals surface area contributed by atoms with E-state index in [1.165, 1.54) is 11.1 Å². The predicted molar refractivity (Wildman–Crippen MR) is 103 cm³/mol. The molecule has 0 spiro atoms. The molecule has 0 saturated heterocycles. The number of fused-ring (bicyclic) bond motifs is 1. The van der Waals surface area contributed by atoms with E-state index in [4.69, 9.17) is 14.7 Å². The number of nitrogens with one attached hydrogen (secondary N) is 1. The Morgan fingerprint density at radius 3 is 2.63 bits per heavy atom. The average molecular weight is 365 g/mol. The number of nitriles is 1. The zero-order valence-corrected chi connectivity index (χ0v) is 15.6. The van der Waals surface area contributed by atoms with E-state index >= 15 is 0 Å². The lowest BCUT2D eigenvalue weighted by Crippen LogP contribution is -2.33. The summed E-state index contributed by atoms with van der Waals surface area (Å²) in [5.74, 6) is 1.43. The van der Waals surface area contributed by atoms with Crippen LogP contribution >= 0.6 is 0 Å². The summed E-state index contributed by atoms with van der Waals surface area (Å²) in [6.07, 6.45) is 1.32. The lowest BCUT2D eigenvalue weighted by Gasteiger charge is -2.29. The van der Waals surface area contributed by atoms with Crippen molar-refractivity contribution >= 4 is 11.6 Å². The number of ether oxygens (including phenoxy) is 2. The van der Waals surface area contributed by atoms with Gasteiger partial charge in [0.05, 0.1) is 25.9 Å². The van der Waals surface area contributed by atoms with Crippen molar-refractivity contribution in [1.29, 1.82) is 5.26 Å². The summed E-state index contributed by atoms with van der Waals surface area (Å²) in [7, 11) is 3.28. The van der Waals surface area contributed by atoms with Crippen LogP contribution in [0, 0.1) is 11.3 Å². The average Bonchev–Trinajstić information content (AvgIpc) is 2.71. The van der Waals surface area contributed by atoms with Gasteiger partial charge in [-0.15, -0.1) is 0 Å². The van der Waals surface area contributed by atoms with E-state index in [-0.39, 0.29) is 5.91 Å². The van der Waals surface area contributed by atoms with Gasteiger partial charge in [0.2, 0.25) is 5.91 Å². The normalized spacial score (nSPS) is 13.4. The molecule has 27 heavy (non-hydrogen) atoms. The van der Waals surface area contributed by atoms with Crippen LogP contribution in [0.15, 0.2) is 36.4 Å². The maximum atomic E-state index is 12.2. The van der Waals surface area contributed by atoms with Gasteiger partial charge in [-0.2, -0.15) is 5.26 Å². The molecule has 6 heteroatoms. The zero-order valence-electron chi connectivity index (χ0n) is 15.6. The molecule has 0 aliphatic carbocycles. The molecule has 0 unspecified atom stereocenters. The number of rotatable bonds is 6. The number of carbonyl (C=O) groups excluding carboxylic acids is 1. The van der Waals surface area contributed by atoms with E-state index in [0.717, 1.165) is 31.0 Å². The van der Waals surface area contributed by atoms with E-state index < -0.39 is 0 Å². The van der Waals surface area contributed by atoms with Gasteiger partial charge in [0, 0.05) is 31.7 Å².